The van der Waals surface area contributed by atoms with Gasteiger partial charge in [0.05, 0.1) is 0 Å². The van der Waals surface area contributed by atoms with Crippen molar-refractivity contribution in [2.24, 2.45) is 29.4 Å². The summed E-state index contributed by atoms with van der Waals surface area (Å²) in [5.74, 6) is 3.64. The first-order valence-corrected chi connectivity index (χ1v) is 6.92. The third-order valence-corrected chi connectivity index (χ3v) is 5.07. The lowest BCUT2D eigenvalue weighted by molar-refractivity contribution is 0.160. The predicted molar refractivity (Wildman–Crippen MR) is 65.6 cm³/mol. The van der Waals surface area contributed by atoms with Gasteiger partial charge in [0.25, 0.3) is 0 Å². The normalized spacial score (nSPS) is 39.8. The van der Waals surface area contributed by atoms with Gasteiger partial charge >= 0.3 is 0 Å². The van der Waals surface area contributed by atoms with Crippen LogP contribution in [0.2, 0.25) is 0 Å². The number of hydrogen-bond acceptors (Lipinski definition) is 1. The molecule has 0 spiro atoms. The van der Waals surface area contributed by atoms with Crippen LogP contribution in [0.4, 0.5) is 0 Å². The molecule has 0 radical (unpaired) electrons. The van der Waals surface area contributed by atoms with Crippen LogP contribution in [0.3, 0.4) is 0 Å². The zero-order valence-corrected chi connectivity index (χ0v) is 10.4. The molecule has 1 heteroatoms. The van der Waals surface area contributed by atoms with Gasteiger partial charge in [-0.15, -0.1) is 0 Å². The average Bonchev–Trinajstić information content (AvgIpc) is 2.15. The molecule has 0 heterocycles. The van der Waals surface area contributed by atoms with Crippen molar-refractivity contribution in [3.63, 3.8) is 0 Å². The Kier molecular flexibility index (Phi) is 3.71. The molecule has 1 nitrogen and oxygen atoms in total. The summed E-state index contributed by atoms with van der Waals surface area (Å²) in [5, 5.41) is 0. The summed E-state index contributed by atoms with van der Waals surface area (Å²) < 4.78 is 0. The first-order chi connectivity index (χ1) is 7.16. The van der Waals surface area contributed by atoms with E-state index in [4.69, 9.17) is 5.73 Å². The molecule has 2 saturated carbocycles. The van der Waals surface area contributed by atoms with Gasteiger partial charge in [-0.25, -0.2) is 0 Å². The Labute approximate surface area is 94.8 Å². The Balaban J connectivity index is 1.77. The van der Waals surface area contributed by atoms with Crippen molar-refractivity contribution < 1.29 is 0 Å². The van der Waals surface area contributed by atoms with Gasteiger partial charge < -0.3 is 5.73 Å². The summed E-state index contributed by atoms with van der Waals surface area (Å²) in [6, 6.07) is 0.505. The van der Waals surface area contributed by atoms with Crippen molar-refractivity contribution in [2.75, 3.05) is 0 Å². The summed E-state index contributed by atoms with van der Waals surface area (Å²) in [6.07, 6.45) is 9.85. The molecule has 0 aromatic carbocycles. The third-order valence-electron chi connectivity index (χ3n) is 5.07. The fourth-order valence-corrected chi connectivity index (χ4v) is 3.28. The van der Waals surface area contributed by atoms with Gasteiger partial charge in [-0.05, 0) is 42.9 Å². The highest BCUT2D eigenvalue weighted by Crippen LogP contribution is 2.38. The smallest absolute Gasteiger partial charge is 0.00699 e. The van der Waals surface area contributed by atoms with Crippen molar-refractivity contribution in [2.45, 2.75) is 64.8 Å². The molecule has 4 unspecified atom stereocenters. The molecule has 0 bridgehead atoms. The van der Waals surface area contributed by atoms with Crippen LogP contribution >= 0.6 is 0 Å². The lowest BCUT2D eigenvalue weighted by atomic mass is 9.70. The standard InChI is InChI=1S/C14H27N/c1-10-6-7-13(8-11(10)2)14(15)9-12-4-3-5-12/h10-14H,3-9,15H2,1-2H3. The second kappa shape index (κ2) is 4.86. The number of hydrogen-bond donors (Lipinski definition) is 1. The lowest BCUT2D eigenvalue weighted by Gasteiger charge is -2.37. The fourth-order valence-electron chi connectivity index (χ4n) is 3.28. The van der Waals surface area contributed by atoms with Crippen molar-refractivity contribution >= 4 is 0 Å². The molecule has 0 aliphatic heterocycles. The average molecular weight is 209 g/mol. The van der Waals surface area contributed by atoms with Crippen molar-refractivity contribution in [3.8, 4) is 0 Å². The van der Waals surface area contributed by atoms with Crippen LogP contribution in [0.25, 0.3) is 0 Å². The second-order valence-corrected chi connectivity index (χ2v) is 6.22. The van der Waals surface area contributed by atoms with Gasteiger partial charge in [-0.1, -0.05) is 39.5 Å². The molecule has 2 N–H and O–H groups in total. The lowest BCUT2D eigenvalue weighted by Crippen LogP contribution is -2.37. The van der Waals surface area contributed by atoms with E-state index < -0.39 is 0 Å². The van der Waals surface area contributed by atoms with Gasteiger partial charge in [0.1, 0.15) is 0 Å². The highest BCUT2D eigenvalue weighted by Gasteiger charge is 2.30. The topological polar surface area (TPSA) is 26.0 Å². The van der Waals surface area contributed by atoms with E-state index in [2.05, 4.69) is 13.8 Å². The van der Waals surface area contributed by atoms with Crippen molar-refractivity contribution in [1.82, 2.24) is 0 Å². The van der Waals surface area contributed by atoms with E-state index in [0.29, 0.717) is 6.04 Å². The molecule has 2 fully saturated rings. The van der Waals surface area contributed by atoms with E-state index in [0.717, 1.165) is 23.7 Å². The minimum atomic E-state index is 0.505. The summed E-state index contributed by atoms with van der Waals surface area (Å²) in [6.45, 7) is 4.81. The highest BCUT2D eigenvalue weighted by molar-refractivity contribution is 4.84. The van der Waals surface area contributed by atoms with Gasteiger partial charge in [-0.3, -0.25) is 0 Å². The molecule has 0 saturated heterocycles. The Hall–Kier alpha value is -0.0400. The molecule has 2 aliphatic carbocycles. The highest BCUT2D eigenvalue weighted by atomic mass is 14.7. The first kappa shape index (κ1) is 11.4. The quantitative estimate of drug-likeness (QED) is 0.755. The minimum Gasteiger partial charge on any atom is -0.327 e. The van der Waals surface area contributed by atoms with E-state index in [1.165, 1.54) is 44.9 Å². The van der Waals surface area contributed by atoms with E-state index >= 15 is 0 Å². The van der Waals surface area contributed by atoms with Gasteiger partial charge in [0, 0.05) is 6.04 Å². The molecular formula is C14H27N. The Morgan fingerprint density at radius 1 is 1.07 bits per heavy atom. The molecule has 4 atom stereocenters. The Morgan fingerprint density at radius 3 is 2.33 bits per heavy atom. The van der Waals surface area contributed by atoms with Crippen LogP contribution in [0.5, 0.6) is 0 Å². The van der Waals surface area contributed by atoms with Crippen LogP contribution < -0.4 is 5.73 Å². The van der Waals surface area contributed by atoms with Crippen LogP contribution in [-0.2, 0) is 0 Å². The van der Waals surface area contributed by atoms with Crippen LogP contribution in [0, 0.1) is 23.7 Å². The Morgan fingerprint density at radius 2 is 1.80 bits per heavy atom. The monoisotopic (exact) mass is 209 g/mol. The second-order valence-electron chi connectivity index (χ2n) is 6.22. The fraction of sp³-hybridized carbons (Fsp3) is 1.00. The minimum absolute atomic E-state index is 0.505. The van der Waals surface area contributed by atoms with Crippen LogP contribution in [0.15, 0.2) is 0 Å². The summed E-state index contributed by atoms with van der Waals surface area (Å²) >= 11 is 0. The van der Waals surface area contributed by atoms with Crippen molar-refractivity contribution in [3.05, 3.63) is 0 Å². The maximum absolute atomic E-state index is 6.37. The molecule has 2 rings (SSSR count). The van der Waals surface area contributed by atoms with Crippen LogP contribution in [0.1, 0.15) is 58.8 Å². The predicted octanol–water partition coefficient (Wildman–Crippen LogP) is 3.58. The molecule has 0 aromatic heterocycles. The first-order valence-electron chi connectivity index (χ1n) is 6.92. The summed E-state index contributed by atoms with van der Waals surface area (Å²) in [5.41, 5.74) is 6.37. The van der Waals surface area contributed by atoms with E-state index in [-0.39, 0.29) is 0 Å². The zero-order chi connectivity index (χ0) is 10.8. The maximum atomic E-state index is 6.37. The third kappa shape index (κ3) is 2.75. The van der Waals surface area contributed by atoms with E-state index in [1.54, 1.807) is 0 Å². The maximum Gasteiger partial charge on any atom is 0.00699 e. The SMILES string of the molecule is CC1CCC(C(N)CC2CCC2)CC1C. The van der Waals surface area contributed by atoms with Crippen molar-refractivity contribution in [1.29, 1.82) is 0 Å². The molecule has 0 amide bonds. The largest absolute Gasteiger partial charge is 0.327 e. The molecular weight excluding hydrogens is 182 g/mol. The van der Waals surface area contributed by atoms with Gasteiger partial charge in [-0.2, -0.15) is 0 Å². The Bertz CT molecular complexity index is 198. The summed E-state index contributed by atoms with van der Waals surface area (Å²) in [4.78, 5) is 0. The van der Waals surface area contributed by atoms with E-state index in [9.17, 15) is 0 Å². The molecule has 0 aromatic rings. The molecule has 88 valence electrons. The van der Waals surface area contributed by atoms with Gasteiger partial charge in [0.15, 0.2) is 0 Å². The molecule has 15 heavy (non-hydrogen) atoms. The number of rotatable bonds is 3. The summed E-state index contributed by atoms with van der Waals surface area (Å²) in [7, 11) is 0. The number of nitrogens with two attached hydrogens (primary N) is 1. The van der Waals surface area contributed by atoms with E-state index in [1.807, 2.05) is 0 Å². The molecule has 2 aliphatic rings. The van der Waals surface area contributed by atoms with Crippen LogP contribution in [-0.4, -0.2) is 6.04 Å². The zero-order valence-electron chi connectivity index (χ0n) is 10.4. The van der Waals surface area contributed by atoms with Gasteiger partial charge in [0.2, 0.25) is 0 Å².